The Kier molecular flexibility index (Phi) is 5.31. The summed E-state index contributed by atoms with van der Waals surface area (Å²) in [6, 6.07) is 8.79. The molecule has 0 saturated heterocycles. The van der Waals surface area contributed by atoms with E-state index in [1.54, 1.807) is 25.1 Å². The molecule has 2 aromatic carbocycles. The topological polar surface area (TPSA) is 88.4 Å². The van der Waals surface area contributed by atoms with Gasteiger partial charge in [-0.15, -0.1) is 0 Å². The first-order valence-corrected chi connectivity index (χ1v) is 10.2. The zero-order valence-corrected chi connectivity index (χ0v) is 16.9. The van der Waals surface area contributed by atoms with Gasteiger partial charge in [0.15, 0.2) is 0 Å². The Morgan fingerprint density at radius 1 is 1.07 bits per heavy atom. The number of fused-ring (bicyclic) bond motifs is 1. The highest BCUT2D eigenvalue weighted by molar-refractivity contribution is 7.92. The lowest BCUT2D eigenvalue weighted by Crippen LogP contribution is -2.15. The summed E-state index contributed by atoms with van der Waals surface area (Å²) in [4.78, 5) is 11.1. The van der Waals surface area contributed by atoms with Gasteiger partial charge in [0, 0.05) is 26.1 Å². The third-order valence-corrected chi connectivity index (χ3v) is 5.96. The minimum absolute atomic E-state index is 0.111. The largest absolute Gasteiger partial charge is 0.480 e. The smallest absolute Gasteiger partial charge is 0.323 e. The normalized spacial score (nSPS) is 11.7. The molecular weight excluding hydrogens is 435 g/mol. The number of benzene rings is 2. The first-order valence-electron chi connectivity index (χ1n) is 7.57. The second-order valence-electron chi connectivity index (χ2n) is 5.81. The van der Waals surface area contributed by atoms with Crippen LogP contribution in [0.4, 0.5) is 5.69 Å². The number of aromatic nitrogens is 1. The number of carboxylic acid groups (broad SMARTS) is 1. The monoisotopic (exact) mass is 446 g/mol. The van der Waals surface area contributed by atoms with Gasteiger partial charge in [0.1, 0.15) is 6.54 Å². The van der Waals surface area contributed by atoms with Crippen LogP contribution in [0.1, 0.15) is 5.69 Å². The van der Waals surface area contributed by atoms with E-state index in [0.717, 1.165) is 0 Å². The van der Waals surface area contributed by atoms with Crippen molar-refractivity contribution in [1.82, 2.24) is 4.57 Å². The Hall–Kier alpha value is -1.93. The molecule has 2 N–H and O–H groups in total. The molecule has 0 saturated carbocycles. The van der Waals surface area contributed by atoms with E-state index in [9.17, 15) is 18.3 Å². The van der Waals surface area contributed by atoms with Crippen molar-refractivity contribution in [3.63, 3.8) is 0 Å². The zero-order valence-electron chi connectivity index (χ0n) is 13.8. The number of hydrogen-bond acceptors (Lipinski definition) is 3. The van der Waals surface area contributed by atoms with Crippen molar-refractivity contribution in [2.75, 3.05) is 4.72 Å². The highest BCUT2D eigenvalue weighted by Crippen LogP contribution is 2.34. The number of hydrogen-bond donors (Lipinski definition) is 2. The summed E-state index contributed by atoms with van der Waals surface area (Å²) < 4.78 is 29.7. The molecule has 0 atom stereocenters. The maximum absolute atomic E-state index is 12.8. The summed E-state index contributed by atoms with van der Waals surface area (Å²) in [7, 11) is -4.02. The highest BCUT2D eigenvalue weighted by Gasteiger charge is 2.22. The molecule has 0 bridgehead atoms. The Bertz CT molecular complexity index is 1150. The van der Waals surface area contributed by atoms with E-state index in [0.29, 0.717) is 21.6 Å². The summed E-state index contributed by atoms with van der Waals surface area (Å²) in [6.07, 6.45) is 0. The van der Waals surface area contributed by atoms with Crippen LogP contribution in [-0.4, -0.2) is 24.1 Å². The molecule has 10 heteroatoms. The number of nitrogens with zero attached hydrogens (tertiary/aromatic N) is 1. The van der Waals surface area contributed by atoms with Gasteiger partial charge in [0.25, 0.3) is 10.0 Å². The summed E-state index contributed by atoms with van der Waals surface area (Å²) in [6.45, 7) is 1.30. The Morgan fingerprint density at radius 2 is 1.70 bits per heavy atom. The van der Waals surface area contributed by atoms with E-state index in [4.69, 9.17) is 34.8 Å². The number of aliphatic carboxylic acids is 1. The predicted octanol–water partition coefficient (Wildman–Crippen LogP) is 4.80. The Balaban J connectivity index is 2.17. The van der Waals surface area contributed by atoms with Crippen LogP contribution in [0.3, 0.4) is 0 Å². The first-order chi connectivity index (χ1) is 12.6. The maximum Gasteiger partial charge on any atom is 0.323 e. The number of nitrogens with one attached hydrogen (secondary N) is 1. The molecule has 0 aliphatic heterocycles. The second-order valence-corrected chi connectivity index (χ2v) is 8.80. The molecule has 0 spiro atoms. The van der Waals surface area contributed by atoms with Crippen molar-refractivity contribution in [1.29, 1.82) is 0 Å². The van der Waals surface area contributed by atoms with Crippen molar-refractivity contribution in [3.8, 4) is 0 Å². The fourth-order valence-electron chi connectivity index (χ4n) is 2.80. The van der Waals surface area contributed by atoms with Crippen LogP contribution < -0.4 is 4.72 Å². The quantitative estimate of drug-likeness (QED) is 0.588. The van der Waals surface area contributed by atoms with Gasteiger partial charge in [-0.25, -0.2) is 8.42 Å². The maximum atomic E-state index is 12.8. The van der Waals surface area contributed by atoms with E-state index in [1.165, 1.54) is 22.8 Å². The zero-order chi connectivity index (χ0) is 19.9. The standard InChI is InChI=1S/C17H13Cl3N2O4S/c1-9-17(21-27(25,26)13-5-11(19)4-12(20)6-13)14-7-10(18)2-3-15(14)22(9)8-16(23)24/h2-7,21H,8H2,1H3,(H,23,24). The van der Waals surface area contributed by atoms with Gasteiger partial charge >= 0.3 is 5.97 Å². The summed E-state index contributed by atoms with van der Waals surface area (Å²) in [5.41, 5.74) is 1.22. The van der Waals surface area contributed by atoms with Gasteiger partial charge in [-0.2, -0.15) is 0 Å². The fourth-order valence-corrected chi connectivity index (χ4v) is 4.84. The van der Waals surface area contributed by atoms with Crippen molar-refractivity contribution in [2.45, 2.75) is 18.4 Å². The lowest BCUT2D eigenvalue weighted by Gasteiger charge is -2.10. The van der Waals surface area contributed by atoms with Crippen LogP contribution in [-0.2, 0) is 21.4 Å². The van der Waals surface area contributed by atoms with E-state index in [1.807, 2.05) is 0 Å². The molecule has 0 aliphatic rings. The number of halogens is 3. The van der Waals surface area contributed by atoms with Gasteiger partial charge in [-0.05, 0) is 43.3 Å². The molecule has 27 heavy (non-hydrogen) atoms. The number of anilines is 1. The molecule has 0 fully saturated rings. The van der Waals surface area contributed by atoms with Crippen molar-refractivity contribution < 1.29 is 18.3 Å². The SMILES string of the molecule is Cc1c(NS(=O)(=O)c2cc(Cl)cc(Cl)c2)c2cc(Cl)ccc2n1CC(=O)O. The van der Waals surface area contributed by atoms with Gasteiger partial charge in [0.05, 0.1) is 16.1 Å². The number of carboxylic acids is 1. The lowest BCUT2D eigenvalue weighted by atomic mass is 10.2. The molecule has 1 heterocycles. The van der Waals surface area contributed by atoms with Crippen LogP contribution >= 0.6 is 34.8 Å². The van der Waals surface area contributed by atoms with Crippen molar-refractivity contribution in [3.05, 3.63) is 57.2 Å². The molecule has 0 unspecified atom stereocenters. The molecule has 0 amide bonds. The molecule has 3 aromatic rings. The number of carbonyl (C=O) groups is 1. The molecule has 142 valence electrons. The van der Waals surface area contributed by atoms with Crippen LogP contribution in [0.2, 0.25) is 15.1 Å². The summed E-state index contributed by atoms with van der Waals surface area (Å²) in [5.74, 6) is -1.05. The third-order valence-electron chi connectivity index (χ3n) is 3.96. The van der Waals surface area contributed by atoms with Gasteiger partial charge < -0.3 is 9.67 Å². The van der Waals surface area contributed by atoms with Gasteiger partial charge in [0.2, 0.25) is 0 Å². The average molecular weight is 448 g/mol. The number of rotatable bonds is 5. The minimum Gasteiger partial charge on any atom is -0.480 e. The van der Waals surface area contributed by atoms with E-state index < -0.39 is 16.0 Å². The minimum atomic E-state index is -4.02. The molecule has 1 aromatic heterocycles. The van der Waals surface area contributed by atoms with Gasteiger partial charge in [-0.1, -0.05) is 34.8 Å². The van der Waals surface area contributed by atoms with Crippen LogP contribution in [0.5, 0.6) is 0 Å². The average Bonchev–Trinajstić information content (AvgIpc) is 2.78. The second kappa shape index (κ2) is 7.24. The van der Waals surface area contributed by atoms with E-state index in [2.05, 4.69) is 4.72 Å². The third kappa shape index (κ3) is 4.01. The lowest BCUT2D eigenvalue weighted by molar-refractivity contribution is -0.137. The number of sulfonamides is 1. The Morgan fingerprint density at radius 3 is 2.30 bits per heavy atom. The highest BCUT2D eigenvalue weighted by atomic mass is 35.5. The molecular formula is C17H13Cl3N2O4S. The molecule has 6 nitrogen and oxygen atoms in total. The van der Waals surface area contributed by atoms with Crippen LogP contribution in [0.25, 0.3) is 10.9 Å². The predicted molar refractivity (Wildman–Crippen MR) is 107 cm³/mol. The molecule has 3 rings (SSSR count). The van der Waals surface area contributed by atoms with Crippen LogP contribution in [0, 0.1) is 6.92 Å². The summed E-state index contributed by atoms with van der Waals surface area (Å²) >= 11 is 17.9. The van der Waals surface area contributed by atoms with E-state index >= 15 is 0 Å². The summed E-state index contributed by atoms with van der Waals surface area (Å²) in [5, 5.41) is 10.4. The van der Waals surface area contributed by atoms with Crippen LogP contribution in [0.15, 0.2) is 41.3 Å². The van der Waals surface area contributed by atoms with Gasteiger partial charge in [-0.3, -0.25) is 9.52 Å². The molecule has 0 aliphatic carbocycles. The van der Waals surface area contributed by atoms with Crippen molar-refractivity contribution >= 4 is 67.4 Å². The molecule has 0 radical (unpaired) electrons. The van der Waals surface area contributed by atoms with Crippen molar-refractivity contribution in [2.24, 2.45) is 0 Å². The van der Waals surface area contributed by atoms with E-state index in [-0.39, 0.29) is 27.2 Å². The fraction of sp³-hybridized carbons (Fsp3) is 0.118. The Labute approximate surface area is 170 Å². The first kappa shape index (κ1) is 19.8.